The highest BCUT2D eigenvalue weighted by Crippen LogP contribution is 2.31. The molecule has 0 radical (unpaired) electrons. The fourth-order valence-corrected chi connectivity index (χ4v) is 3.09. The Bertz CT molecular complexity index is 626. The van der Waals surface area contributed by atoms with Gasteiger partial charge in [-0.15, -0.1) is 0 Å². The molecule has 1 saturated heterocycles. The Hall–Kier alpha value is -1.82. The van der Waals surface area contributed by atoms with Crippen LogP contribution in [0, 0.1) is 5.92 Å². The number of rotatable bonds is 3. The summed E-state index contributed by atoms with van der Waals surface area (Å²) >= 11 is 6.23. The molecule has 2 aromatic heterocycles. The maximum absolute atomic E-state index is 6.23. The van der Waals surface area contributed by atoms with Crippen molar-refractivity contribution in [1.82, 2.24) is 19.5 Å². The first-order chi connectivity index (χ1) is 10.1. The first kappa shape index (κ1) is 14.1. The lowest BCUT2D eigenvalue weighted by Gasteiger charge is -2.33. The zero-order valence-corrected chi connectivity index (χ0v) is 12.8. The molecule has 3 rings (SSSR count). The normalized spacial score (nSPS) is 19.0. The van der Waals surface area contributed by atoms with Crippen molar-refractivity contribution in [2.24, 2.45) is 13.0 Å². The summed E-state index contributed by atoms with van der Waals surface area (Å²) in [6.07, 6.45) is 8.59. The third-order valence-electron chi connectivity index (χ3n) is 4.01. The molecule has 0 amide bonds. The smallest absolute Gasteiger partial charge is 0.153 e. The Morgan fingerprint density at radius 1 is 1.38 bits per heavy atom. The summed E-state index contributed by atoms with van der Waals surface area (Å²) in [6, 6.07) is 0. The highest BCUT2D eigenvalue weighted by Gasteiger charge is 2.24. The van der Waals surface area contributed by atoms with E-state index in [1.54, 1.807) is 0 Å². The molecule has 0 saturated carbocycles. The molecule has 112 valence electrons. The van der Waals surface area contributed by atoms with Crippen LogP contribution in [0.5, 0.6) is 0 Å². The number of hydrogen-bond donors (Lipinski definition) is 1. The minimum atomic E-state index is 0.341. The summed E-state index contributed by atoms with van der Waals surface area (Å²) in [5, 5.41) is 0.454. The van der Waals surface area contributed by atoms with Gasteiger partial charge in [0, 0.05) is 39.0 Å². The highest BCUT2D eigenvalue weighted by molar-refractivity contribution is 6.35. The first-order valence-electron chi connectivity index (χ1n) is 7.12. The second-order valence-electron chi connectivity index (χ2n) is 5.51. The average Bonchev–Trinajstić information content (AvgIpc) is 2.88. The van der Waals surface area contributed by atoms with E-state index in [-0.39, 0.29) is 0 Å². The van der Waals surface area contributed by atoms with E-state index in [1.807, 2.05) is 19.4 Å². The molecule has 1 unspecified atom stereocenters. The molecule has 1 fully saturated rings. The molecule has 1 atom stereocenters. The fourth-order valence-electron chi connectivity index (χ4n) is 2.87. The van der Waals surface area contributed by atoms with Gasteiger partial charge in [-0.05, 0) is 18.8 Å². The van der Waals surface area contributed by atoms with Crippen LogP contribution in [-0.2, 0) is 13.5 Å². The van der Waals surface area contributed by atoms with E-state index in [2.05, 4.69) is 24.4 Å². The molecule has 0 bridgehead atoms. The fraction of sp³-hybridized carbons (Fsp3) is 0.500. The topological polar surface area (TPSA) is 72.9 Å². The molecule has 6 nitrogen and oxygen atoms in total. The van der Waals surface area contributed by atoms with Crippen molar-refractivity contribution >= 4 is 23.2 Å². The van der Waals surface area contributed by atoms with Crippen LogP contribution < -0.4 is 10.6 Å². The Morgan fingerprint density at radius 2 is 2.24 bits per heavy atom. The lowest BCUT2D eigenvalue weighted by molar-refractivity contribution is 0.401. The monoisotopic (exact) mass is 306 g/mol. The zero-order valence-electron chi connectivity index (χ0n) is 12.0. The molecular weight excluding hydrogens is 288 g/mol. The van der Waals surface area contributed by atoms with Crippen LogP contribution in [-0.4, -0.2) is 32.6 Å². The predicted molar refractivity (Wildman–Crippen MR) is 83.3 cm³/mol. The summed E-state index contributed by atoms with van der Waals surface area (Å²) in [5.41, 5.74) is 5.77. The third-order valence-corrected chi connectivity index (χ3v) is 4.37. The Morgan fingerprint density at radius 3 is 3.00 bits per heavy atom. The van der Waals surface area contributed by atoms with Gasteiger partial charge in [-0.25, -0.2) is 15.0 Å². The molecule has 1 aliphatic rings. The summed E-state index contributed by atoms with van der Waals surface area (Å²) in [4.78, 5) is 14.8. The second kappa shape index (κ2) is 5.89. The zero-order chi connectivity index (χ0) is 14.8. The van der Waals surface area contributed by atoms with Crippen molar-refractivity contribution in [3.63, 3.8) is 0 Å². The quantitative estimate of drug-likeness (QED) is 0.937. The molecule has 0 spiro atoms. The number of anilines is 2. The third kappa shape index (κ3) is 2.95. The Labute approximate surface area is 129 Å². The standard InChI is InChI=1S/C14H19ClN6/c1-20-6-4-17-11(20)7-10-3-2-5-21(8-10)14-12(15)13(16)18-9-19-14/h4,6,9-10H,2-3,5,7-8H2,1H3,(H2,16,18,19). The average molecular weight is 307 g/mol. The summed E-state index contributed by atoms with van der Waals surface area (Å²) in [6.45, 7) is 1.87. The van der Waals surface area contributed by atoms with Crippen molar-refractivity contribution in [3.8, 4) is 0 Å². The number of nitrogens with zero attached hydrogens (tertiary/aromatic N) is 5. The minimum absolute atomic E-state index is 0.341. The van der Waals surface area contributed by atoms with Gasteiger partial charge < -0.3 is 15.2 Å². The molecular formula is C14H19ClN6. The Balaban J connectivity index is 1.74. The van der Waals surface area contributed by atoms with Crippen LogP contribution >= 0.6 is 11.6 Å². The van der Waals surface area contributed by atoms with Gasteiger partial charge in [0.15, 0.2) is 5.82 Å². The molecule has 0 aromatic carbocycles. The van der Waals surface area contributed by atoms with E-state index in [4.69, 9.17) is 17.3 Å². The van der Waals surface area contributed by atoms with Crippen LogP contribution in [0.1, 0.15) is 18.7 Å². The van der Waals surface area contributed by atoms with Crippen molar-refractivity contribution in [2.75, 3.05) is 23.7 Å². The number of imidazole rings is 1. The van der Waals surface area contributed by atoms with Gasteiger partial charge in [-0.1, -0.05) is 11.6 Å². The number of nitrogen functional groups attached to an aromatic ring is 1. The molecule has 21 heavy (non-hydrogen) atoms. The van der Waals surface area contributed by atoms with E-state index in [0.717, 1.165) is 37.6 Å². The van der Waals surface area contributed by atoms with Crippen LogP contribution in [0.25, 0.3) is 0 Å². The summed E-state index contributed by atoms with van der Waals surface area (Å²) in [7, 11) is 2.03. The van der Waals surface area contributed by atoms with Crippen molar-refractivity contribution < 1.29 is 0 Å². The number of halogens is 1. The van der Waals surface area contributed by atoms with Crippen LogP contribution in [0.3, 0.4) is 0 Å². The number of aryl methyl sites for hydroxylation is 1. The first-order valence-corrected chi connectivity index (χ1v) is 7.50. The molecule has 2 N–H and O–H groups in total. The SMILES string of the molecule is Cn1ccnc1CC1CCCN(c2ncnc(N)c2Cl)C1. The second-order valence-corrected chi connectivity index (χ2v) is 5.89. The molecule has 7 heteroatoms. The molecule has 3 heterocycles. The van der Waals surface area contributed by atoms with Crippen LogP contribution in [0.15, 0.2) is 18.7 Å². The van der Waals surface area contributed by atoms with Crippen molar-refractivity contribution in [2.45, 2.75) is 19.3 Å². The molecule has 2 aromatic rings. The van der Waals surface area contributed by atoms with Gasteiger partial charge in [-0.3, -0.25) is 0 Å². The van der Waals surface area contributed by atoms with Crippen molar-refractivity contribution in [1.29, 1.82) is 0 Å². The van der Waals surface area contributed by atoms with Crippen LogP contribution in [0.2, 0.25) is 5.02 Å². The number of hydrogen-bond acceptors (Lipinski definition) is 5. The maximum Gasteiger partial charge on any atom is 0.153 e. The van der Waals surface area contributed by atoms with Crippen LogP contribution in [0.4, 0.5) is 11.6 Å². The van der Waals surface area contributed by atoms with E-state index in [1.165, 1.54) is 12.7 Å². The lowest BCUT2D eigenvalue weighted by Crippen LogP contribution is -2.37. The van der Waals surface area contributed by atoms with Gasteiger partial charge in [-0.2, -0.15) is 0 Å². The lowest BCUT2D eigenvalue weighted by atomic mass is 9.94. The highest BCUT2D eigenvalue weighted by atomic mass is 35.5. The summed E-state index contributed by atoms with van der Waals surface area (Å²) in [5.74, 6) is 2.75. The van der Waals surface area contributed by atoms with Gasteiger partial charge in [0.25, 0.3) is 0 Å². The van der Waals surface area contributed by atoms with Gasteiger partial charge in [0.2, 0.25) is 0 Å². The maximum atomic E-state index is 6.23. The largest absolute Gasteiger partial charge is 0.382 e. The number of piperidine rings is 1. The van der Waals surface area contributed by atoms with E-state index >= 15 is 0 Å². The Kier molecular flexibility index (Phi) is 3.96. The van der Waals surface area contributed by atoms with E-state index in [0.29, 0.717) is 16.8 Å². The van der Waals surface area contributed by atoms with E-state index < -0.39 is 0 Å². The molecule has 0 aliphatic carbocycles. The number of nitrogens with two attached hydrogens (primary N) is 1. The number of aromatic nitrogens is 4. The van der Waals surface area contributed by atoms with Gasteiger partial charge >= 0.3 is 0 Å². The molecule has 1 aliphatic heterocycles. The minimum Gasteiger partial charge on any atom is -0.382 e. The summed E-state index contributed by atoms with van der Waals surface area (Å²) < 4.78 is 2.08. The van der Waals surface area contributed by atoms with Gasteiger partial charge in [0.05, 0.1) is 0 Å². The predicted octanol–water partition coefficient (Wildman–Crippen LogP) is 1.90. The van der Waals surface area contributed by atoms with Gasteiger partial charge in [0.1, 0.15) is 23.0 Å². The van der Waals surface area contributed by atoms with Crippen molar-refractivity contribution in [3.05, 3.63) is 29.6 Å². The van der Waals surface area contributed by atoms with E-state index in [9.17, 15) is 0 Å².